The van der Waals surface area contributed by atoms with Gasteiger partial charge in [0.25, 0.3) is 11.6 Å². The number of alkyl halides is 1. The average Bonchev–Trinajstić information content (AvgIpc) is 3.23. The topological polar surface area (TPSA) is 76.2 Å². The summed E-state index contributed by atoms with van der Waals surface area (Å²) in [5.41, 5.74) is 0.702. The number of aromatic nitrogens is 4. The van der Waals surface area contributed by atoms with Crippen LogP contribution in [0.15, 0.2) is 42.7 Å². The van der Waals surface area contributed by atoms with E-state index in [1.54, 1.807) is 22.9 Å². The lowest BCUT2D eigenvalue weighted by atomic mass is 9.91. The van der Waals surface area contributed by atoms with Crippen molar-refractivity contribution in [2.45, 2.75) is 37.4 Å². The van der Waals surface area contributed by atoms with E-state index < -0.39 is 5.67 Å². The van der Waals surface area contributed by atoms with Crippen molar-refractivity contribution < 1.29 is 18.8 Å². The van der Waals surface area contributed by atoms with Crippen LogP contribution in [-0.2, 0) is 4.79 Å². The Hall–Kier alpha value is -3.07. The van der Waals surface area contributed by atoms with Crippen LogP contribution in [-0.4, -0.2) is 64.3 Å². The molecule has 0 saturated carbocycles. The number of imidazole rings is 1. The summed E-state index contributed by atoms with van der Waals surface area (Å²) >= 11 is 0. The fraction of sp³-hybridized carbons (Fsp3) is 0.478. The molecular weight excluding hydrogens is 411 g/mol. The molecule has 3 aromatic rings. The molecule has 32 heavy (non-hydrogen) atoms. The van der Waals surface area contributed by atoms with E-state index in [1.165, 1.54) is 0 Å². The van der Waals surface area contributed by atoms with Crippen molar-refractivity contribution in [1.29, 1.82) is 0 Å². The standard InChI is InChI=1S/C23H28FN6O2/c1-32-29-14-3-2-6-19(29)21-27-18-5-4-11-26-20(18)30(21)17-7-15-28(16-8-17)22(31)23(24)9-12-25-13-10-23/h2-6,11,14,17,25H,7-10,12-13,15-16H2,1H3/q+1. The summed E-state index contributed by atoms with van der Waals surface area (Å²) in [6.45, 7) is 2.14. The molecule has 2 fully saturated rings. The predicted octanol–water partition coefficient (Wildman–Crippen LogP) is 1.70. The molecule has 5 heterocycles. The maximum atomic E-state index is 15.2. The van der Waals surface area contributed by atoms with Gasteiger partial charge in [-0.05, 0) is 44.1 Å². The van der Waals surface area contributed by atoms with E-state index in [4.69, 9.17) is 9.82 Å². The number of halogens is 1. The molecule has 3 aromatic heterocycles. The Bertz CT molecular complexity index is 1120. The highest BCUT2D eigenvalue weighted by molar-refractivity contribution is 5.85. The van der Waals surface area contributed by atoms with Gasteiger partial charge in [0.15, 0.2) is 11.3 Å². The van der Waals surface area contributed by atoms with Gasteiger partial charge in [-0.25, -0.2) is 14.4 Å². The summed E-state index contributed by atoms with van der Waals surface area (Å²) in [5, 5.41) is 3.13. The molecule has 5 rings (SSSR count). The highest BCUT2D eigenvalue weighted by atomic mass is 19.1. The molecule has 0 bridgehead atoms. The van der Waals surface area contributed by atoms with Crippen LogP contribution in [0.5, 0.6) is 0 Å². The summed E-state index contributed by atoms with van der Waals surface area (Å²) in [6, 6.07) is 9.73. The number of fused-ring (bicyclic) bond motifs is 1. The Labute approximate surface area is 186 Å². The number of rotatable bonds is 4. The number of carbonyl (C=O) groups excluding carboxylic acids is 1. The molecule has 1 N–H and O–H groups in total. The van der Waals surface area contributed by atoms with E-state index in [1.807, 2.05) is 36.5 Å². The molecule has 168 valence electrons. The lowest BCUT2D eigenvalue weighted by Gasteiger charge is -2.38. The molecule has 0 aliphatic carbocycles. The SMILES string of the molecule is CO[n+]1ccccc1-c1nc2cccnc2n1C1CCN(C(=O)C2(F)CCNCC2)CC1. The monoisotopic (exact) mass is 439 g/mol. The minimum absolute atomic E-state index is 0.100. The van der Waals surface area contributed by atoms with Gasteiger partial charge in [0, 0.05) is 55.0 Å². The van der Waals surface area contributed by atoms with Crippen molar-refractivity contribution in [3.05, 3.63) is 42.7 Å². The Kier molecular flexibility index (Phi) is 5.50. The number of nitrogens with one attached hydrogen (secondary N) is 1. The number of hydrogen-bond donors (Lipinski definition) is 1. The smallest absolute Gasteiger partial charge is 0.300 e. The quantitative estimate of drug-likeness (QED) is 0.627. The van der Waals surface area contributed by atoms with Crippen LogP contribution in [0.1, 0.15) is 31.7 Å². The average molecular weight is 440 g/mol. The maximum Gasteiger partial charge on any atom is 0.300 e. The van der Waals surface area contributed by atoms with Gasteiger partial charge >= 0.3 is 0 Å². The minimum atomic E-state index is -1.74. The van der Waals surface area contributed by atoms with Gasteiger partial charge in [0.05, 0.1) is 0 Å². The number of nitrogens with zero attached hydrogens (tertiary/aromatic N) is 5. The number of piperidine rings is 2. The highest BCUT2D eigenvalue weighted by Gasteiger charge is 2.43. The van der Waals surface area contributed by atoms with Crippen LogP contribution in [0.2, 0.25) is 0 Å². The Morgan fingerprint density at radius 3 is 2.75 bits per heavy atom. The zero-order valence-corrected chi connectivity index (χ0v) is 18.2. The predicted molar refractivity (Wildman–Crippen MR) is 116 cm³/mol. The van der Waals surface area contributed by atoms with Gasteiger partial charge in [-0.15, -0.1) is 0 Å². The van der Waals surface area contributed by atoms with Crippen LogP contribution < -0.4 is 14.9 Å². The second-order valence-corrected chi connectivity index (χ2v) is 8.48. The summed E-state index contributed by atoms with van der Waals surface area (Å²) in [4.78, 5) is 29.6. The molecule has 2 aliphatic rings. The Morgan fingerprint density at radius 2 is 2.00 bits per heavy atom. The molecule has 0 spiro atoms. The van der Waals surface area contributed by atoms with Crippen molar-refractivity contribution in [2.24, 2.45) is 0 Å². The van der Waals surface area contributed by atoms with Gasteiger partial charge in [-0.2, -0.15) is 0 Å². The summed E-state index contributed by atoms with van der Waals surface area (Å²) in [5.74, 6) is 0.415. The van der Waals surface area contributed by atoms with Crippen LogP contribution in [0, 0.1) is 0 Å². The normalized spacial score (nSPS) is 19.2. The third kappa shape index (κ3) is 3.60. The van der Waals surface area contributed by atoms with E-state index in [0.717, 1.165) is 35.5 Å². The molecule has 8 nitrogen and oxygen atoms in total. The van der Waals surface area contributed by atoms with E-state index in [0.29, 0.717) is 26.2 Å². The van der Waals surface area contributed by atoms with Gasteiger partial charge in [0.1, 0.15) is 12.6 Å². The molecule has 0 radical (unpaired) electrons. The molecule has 0 unspecified atom stereocenters. The summed E-state index contributed by atoms with van der Waals surface area (Å²) < 4.78 is 19.1. The van der Waals surface area contributed by atoms with E-state index in [9.17, 15) is 4.79 Å². The second-order valence-electron chi connectivity index (χ2n) is 8.48. The van der Waals surface area contributed by atoms with Crippen LogP contribution >= 0.6 is 0 Å². The molecule has 2 saturated heterocycles. The zero-order chi connectivity index (χ0) is 22.1. The van der Waals surface area contributed by atoms with E-state index >= 15 is 4.39 Å². The number of amides is 1. The van der Waals surface area contributed by atoms with Gasteiger partial charge in [-0.3, -0.25) is 9.63 Å². The summed E-state index contributed by atoms with van der Waals surface area (Å²) in [7, 11) is 1.62. The third-order valence-electron chi connectivity index (χ3n) is 6.59. The first-order valence-electron chi connectivity index (χ1n) is 11.2. The molecule has 0 atom stereocenters. The van der Waals surface area contributed by atoms with Gasteiger partial charge in [-0.1, -0.05) is 0 Å². The van der Waals surface area contributed by atoms with E-state index in [2.05, 4.69) is 14.9 Å². The maximum absolute atomic E-state index is 15.2. The van der Waals surface area contributed by atoms with Crippen LogP contribution in [0.4, 0.5) is 4.39 Å². The van der Waals surface area contributed by atoms with Crippen LogP contribution in [0.25, 0.3) is 22.7 Å². The number of pyridine rings is 2. The van der Waals surface area contributed by atoms with Gasteiger partial charge < -0.3 is 14.8 Å². The number of hydrogen-bond acceptors (Lipinski definition) is 5. The molecule has 9 heteroatoms. The fourth-order valence-corrected chi connectivity index (χ4v) is 4.86. The minimum Gasteiger partial charge on any atom is -0.340 e. The molecule has 1 amide bonds. The fourth-order valence-electron chi connectivity index (χ4n) is 4.86. The third-order valence-corrected chi connectivity index (χ3v) is 6.59. The number of carbonyl (C=O) groups is 1. The van der Waals surface area contributed by atoms with E-state index in [-0.39, 0.29) is 24.8 Å². The van der Waals surface area contributed by atoms with Crippen molar-refractivity contribution in [3.8, 4) is 11.5 Å². The molecular formula is C23H28FN6O2+. The highest BCUT2D eigenvalue weighted by Crippen LogP contribution is 2.33. The first-order chi connectivity index (χ1) is 15.6. The first kappa shape index (κ1) is 20.8. The lowest BCUT2D eigenvalue weighted by Crippen LogP contribution is -2.53. The molecule has 0 aromatic carbocycles. The Morgan fingerprint density at radius 1 is 1.22 bits per heavy atom. The first-order valence-corrected chi connectivity index (χ1v) is 11.2. The van der Waals surface area contributed by atoms with Crippen molar-refractivity contribution in [1.82, 2.24) is 24.8 Å². The largest absolute Gasteiger partial charge is 0.340 e. The zero-order valence-electron chi connectivity index (χ0n) is 18.2. The van der Waals surface area contributed by atoms with Gasteiger partial charge in [0.2, 0.25) is 12.0 Å². The Balaban J connectivity index is 1.44. The van der Waals surface area contributed by atoms with Crippen LogP contribution in [0.3, 0.4) is 0 Å². The van der Waals surface area contributed by atoms with Crippen molar-refractivity contribution in [3.63, 3.8) is 0 Å². The molecule has 2 aliphatic heterocycles. The van der Waals surface area contributed by atoms with Crippen molar-refractivity contribution in [2.75, 3.05) is 33.3 Å². The lowest BCUT2D eigenvalue weighted by molar-refractivity contribution is -0.877. The van der Waals surface area contributed by atoms with Crippen molar-refractivity contribution >= 4 is 17.1 Å². The summed E-state index contributed by atoms with van der Waals surface area (Å²) in [6.07, 6.45) is 5.54. The second kappa shape index (κ2) is 8.46. The number of likely N-dealkylation sites (tertiary alicyclic amines) is 1.